The number of fused-ring (bicyclic) bond motifs is 5. The lowest BCUT2D eigenvalue weighted by molar-refractivity contribution is -0.143. The van der Waals surface area contributed by atoms with E-state index in [4.69, 9.17) is 21.1 Å². The number of carbonyl (C=O) groups is 3. The minimum atomic E-state index is -4.11. The molecule has 4 rings (SSSR count). The first-order chi connectivity index (χ1) is 13.3. The summed E-state index contributed by atoms with van der Waals surface area (Å²) in [6.45, 7) is -0.437. The number of imide groups is 1. The van der Waals surface area contributed by atoms with Crippen LogP contribution >= 0.6 is 11.6 Å². The Morgan fingerprint density at radius 2 is 1.71 bits per heavy atom. The summed E-state index contributed by atoms with van der Waals surface area (Å²) in [5, 5.41) is 0.352. The molecule has 28 heavy (non-hydrogen) atoms. The SMILES string of the molecule is O=C(NS(=O)(=O)c1ccc(Cl)cc1)OCCN1C(=O)C2C3CCC(O3)C2C1=O. The zero-order chi connectivity index (χ0) is 20.1. The molecule has 1 aromatic carbocycles. The van der Waals surface area contributed by atoms with Gasteiger partial charge in [-0.05, 0) is 37.1 Å². The van der Waals surface area contributed by atoms with Crippen LogP contribution < -0.4 is 4.72 Å². The quantitative estimate of drug-likeness (QED) is 0.692. The number of hydrogen-bond acceptors (Lipinski definition) is 7. The van der Waals surface area contributed by atoms with Crippen LogP contribution in [0, 0.1) is 11.8 Å². The highest BCUT2D eigenvalue weighted by Gasteiger charge is 2.62. The van der Waals surface area contributed by atoms with Crippen molar-refractivity contribution >= 4 is 39.5 Å². The van der Waals surface area contributed by atoms with Gasteiger partial charge in [-0.1, -0.05) is 11.6 Å². The van der Waals surface area contributed by atoms with Gasteiger partial charge in [-0.15, -0.1) is 0 Å². The molecule has 3 fully saturated rings. The van der Waals surface area contributed by atoms with Gasteiger partial charge in [-0.2, -0.15) is 0 Å². The van der Waals surface area contributed by atoms with Crippen molar-refractivity contribution in [1.82, 2.24) is 9.62 Å². The van der Waals surface area contributed by atoms with Crippen LogP contribution in [0.3, 0.4) is 0 Å². The number of benzene rings is 1. The zero-order valence-electron chi connectivity index (χ0n) is 14.5. The van der Waals surface area contributed by atoms with Gasteiger partial charge < -0.3 is 9.47 Å². The van der Waals surface area contributed by atoms with Crippen molar-refractivity contribution in [3.63, 3.8) is 0 Å². The molecule has 0 radical (unpaired) electrons. The van der Waals surface area contributed by atoms with E-state index in [0.717, 1.165) is 17.7 Å². The summed E-state index contributed by atoms with van der Waals surface area (Å²) in [7, 11) is -4.11. The lowest BCUT2D eigenvalue weighted by atomic mass is 9.81. The van der Waals surface area contributed by atoms with Crippen molar-refractivity contribution in [2.24, 2.45) is 11.8 Å². The van der Waals surface area contributed by atoms with E-state index >= 15 is 0 Å². The van der Waals surface area contributed by atoms with Crippen molar-refractivity contribution in [2.75, 3.05) is 13.2 Å². The van der Waals surface area contributed by atoms with Crippen molar-refractivity contribution in [1.29, 1.82) is 0 Å². The number of halogens is 1. The number of likely N-dealkylation sites (tertiary alicyclic amines) is 1. The van der Waals surface area contributed by atoms with Crippen LogP contribution in [0.25, 0.3) is 0 Å². The highest BCUT2D eigenvalue weighted by Crippen LogP contribution is 2.48. The normalized spacial score (nSPS) is 28.5. The second-order valence-corrected chi connectivity index (χ2v) is 8.98. The summed E-state index contributed by atoms with van der Waals surface area (Å²) < 4.78 is 36.4. The van der Waals surface area contributed by atoms with E-state index in [1.165, 1.54) is 24.3 Å². The number of carbonyl (C=O) groups excluding carboxylic acids is 3. The molecule has 3 saturated heterocycles. The third kappa shape index (κ3) is 3.25. The average Bonchev–Trinajstić information content (AvgIpc) is 3.31. The molecule has 2 bridgehead atoms. The topological polar surface area (TPSA) is 119 Å². The first-order valence-electron chi connectivity index (χ1n) is 8.74. The van der Waals surface area contributed by atoms with Crippen LogP contribution in [0.1, 0.15) is 12.8 Å². The lowest BCUT2D eigenvalue weighted by Gasteiger charge is -2.17. The molecule has 3 amide bonds. The molecule has 3 heterocycles. The third-order valence-corrected chi connectivity index (χ3v) is 6.85. The summed E-state index contributed by atoms with van der Waals surface area (Å²) in [5.41, 5.74) is 0. The molecule has 1 aromatic rings. The maximum absolute atomic E-state index is 12.5. The number of hydrogen-bond donors (Lipinski definition) is 1. The Balaban J connectivity index is 1.31. The number of nitrogens with zero attached hydrogens (tertiary/aromatic N) is 1. The second-order valence-electron chi connectivity index (χ2n) is 6.87. The van der Waals surface area contributed by atoms with Crippen molar-refractivity contribution in [2.45, 2.75) is 29.9 Å². The maximum Gasteiger partial charge on any atom is 0.421 e. The van der Waals surface area contributed by atoms with E-state index in [-0.39, 0.29) is 42.1 Å². The van der Waals surface area contributed by atoms with Crippen LogP contribution in [0.4, 0.5) is 4.79 Å². The number of rotatable bonds is 5. The smallest absolute Gasteiger partial charge is 0.421 e. The lowest BCUT2D eigenvalue weighted by Crippen LogP contribution is -2.38. The predicted octanol–water partition coefficient (Wildman–Crippen LogP) is 0.917. The summed E-state index contributed by atoms with van der Waals surface area (Å²) >= 11 is 5.70. The van der Waals surface area contributed by atoms with Gasteiger partial charge in [0.05, 0.1) is 35.5 Å². The fraction of sp³-hybridized carbons (Fsp3) is 0.471. The van der Waals surface area contributed by atoms with Gasteiger partial charge in [0, 0.05) is 5.02 Å². The molecule has 0 saturated carbocycles. The number of amides is 3. The Morgan fingerprint density at radius 3 is 2.29 bits per heavy atom. The summed E-state index contributed by atoms with van der Waals surface area (Å²) in [6, 6.07) is 5.24. The van der Waals surface area contributed by atoms with Gasteiger partial charge in [-0.3, -0.25) is 14.5 Å². The minimum absolute atomic E-state index is 0.126. The Bertz CT molecular complexity index is 905. The maximum atomic E-state index is 12.5. The Kier molecular flexibility index (Phi) is 4.80. The molecule has 3 aliphatic rings. The minimum Gasteiger partial charge on any atom is -0.447 e. The van der Waals surface area contributed by atoms with Crippen LogP contribution in [0.15, 0.2) is 29.2 Å². The Hall–Kier alpha value is -2.17. The van der Waals surface area contributed by atoms with Crippen LogP contribution in [-0.4, -0.2) is 56.6 Å². The largest absolute Gasteiger partial charge is 0.447 e. The number of nitrogens with one attached hydrogen (secondary N) is 1. The molecule has 4 atom stereocenters. The Labute approximate surface area is 166 Å². The third-order valence-electron chi connectivity index (χ3n) is 5.27. The molecule has 0 aliphatic carbocycles. The van der Waals surface area contributed by atoms with Crippen LogP contribution in [0.5, 0.6) is 0 Å². The molecular formula is C17H17ClN2O7S. The monoisotopic (exact) mass is 428 g/mol. The van der Waals surface area contributed by atoms with Crippen molar-refractivity contribution in [3.05, 3.63) is 29.3 Å². The molecule has 1 N–H and O–H groups in total. The highest BCUT2D eigenvalue weighted by atomic mass is 35.5. The summed E-state index contributed by atoms with van der Waals surface area (Å²) in [5.74, 6) is -1.55. The predicted molar refractivity (Wildman–Crippen MR) is 94.7 cm³/mol. The van der Waals surface area contributed by atoms with E-state index in [1.54, 1.807) is 4.72 Å². The van der Waals surface area contributed by atoms with Gasteiger partial charge in [0.1, 0.15) is 6.61 Å². The van der Waals surface area contributed by atoms with Gasteiger partial charge >= 0.3 is 6.09 Å². The molecule has 9 nitrogen and oxygen atoms in total. The summed E-state index contributed by atoms with van der Waals surface area (Å²) in [6.07, 6.45) is -0.103. The number of sulfonamides is 1. The molecule has 0 aromatic heterocycles. The standard InChI is InChI=1S/C17H17ClN2O7S/c18-9-1-3-10(4-2-9)28(24,25)19-17(23)26-8-7-20-15(21)13-11-5-6-12(27-11)14(13)16(20)22/h1-4,11-14H,5-8H2,(H,19,23). The fourth-order valence-corrected chi connectivity index (χ4v) is 5.05. The number of ether oxygens (including phenoxy) is 2. The van der Waals surface area contributed by atoms with Gasteiger partial charge in [-0.25, -0.2) is 17.9 Å². The van der Waals surface area contributed by atoms with E-state index < -0.39 is 28.0 Å². The first kappa shape index (κ1) is 19.2. The van der Waals surface area contributed by atoms with Gasteiger partial charge in [0.15, 0.2) is 0 Å². The van der Waals surface area contributed by atoms with Crippen molar-refractivity contribution < 1.29 is 32.3 Å². The van der Waals surface area contributed by atoms with E-state index in [1.807, 2.05) is 0 Å². The molecule has 3 aliphatic heterocycles. The highest BCUT2D eigenvalue weighted by molar-refractivity contribution is 7.90. The fourth-order valence-electron chi connectivity index (χ4n) is 4.04. The van der Waals surface area contributed by atoms with Gasteiger partial charge in [0.25, 0.3) is 10.0 Å². The average molecular weight is 429 g/mol. The summed E-state index contributed by atoms with van der Waals surface area (Å²) in [4.78, 5) is 37.7. The molecule has 150 valence electrons. The Morgan fingerprint density at radius 1 is 1.14 bits per heavy atom. The van der Waals surface area contributed by atoms with Crippen molar-refractivity contribution in [3.8, 4) is 0 Å². The van der Waals surface area contributed by atoms with E-state index in [0.29, 0.717) is 5.02 Å². The first-order valence-corrected chi connectivity index (χ1v) is 10.6. The van der Waals surface area contributed by atoms with Crippen LogP contribution in [0.2, 0.25) is 5.02 Å². The van der Waals surface area contributed by atoms with E-state index in [9.17, 15) is 22.8 Å². The van der Waals surface area contributed by atoms with Gasteiger partial charge in [0.2, 0.25) is 11.8 Å². The zero-order valence-corrected chi connectivity index (χ0v) is 16.1. The molecule has 4 unspecified atom stereocenters. The molecular weight excluding hydrogens is 412 g/mol. The second kappa shape index (κ2) is 7.02. The molecule has 0 spiro atoms. The molecule has 11 heteroatoms. The van der Waals surface area contributed by atoms with Crippen LogP contribution in [-0.2, 0) is 29.1 Å². The van der Waals surface area contributed by atoms with E-state index in [2.05, 4.69) is 0 Å².